The number of aryl methyl sites for hydroxylation is 1. The minimum atomic E-state index is -1.65. The Kier molecular flexibility index (Phi) is 9.38. The first-order chi connectivity index (χ1) is 14.1. The maximum atomic E-state index is 6.28. The quantitative estimate of drug-likeness (QED) is 0.210. The van der Waals surface area contributed by atoms with E-state index >= 15 is 0 Å². The molecule has 2 rings (SSSR count). The third-order valence-electron chi connectivity index (χ3n) is 5.63. The Bertz CT molecular complexity index is 779. The van der Waals surface area contributed by atoms with Gasteiger partial charge in [-0.15, -0.1) is 0 Å². The number of nitrogens with zero attached hydrogens (tertiary/aromatic N) is 2. The molecule has 0 amide bonds. The maximum absolute atomic E-state index is 6.28. The van der Waals surface area contributed by atoms with E-state index in [9.17, 15) is 0 Å². The van der Waals surface area contributed by atoms with E-state index < -0.39 is 8.32 Å². The lowest BCUT2D eigenvalue weighted by Crippen LogP contribution is -2.40. The van der Waals surface area contributed by atoms with Gasteiger partial charge in [-0.1, -0.05) is 62.9 Å². The number of unbranched alkanes of at least 4 members (excludes halogenated alkanes) is 1. The number of thioether (sulfide) groups is 1. The number of benzene rings is 1. The van der Waals surface area contributed by atoms with Gasteiger partial charge in [0.1, 0.15) is 0 Å². The smallest absolute Gasteiger partial charge is 0.247 e. The van der Waals surface area contributed by atoms with Crippen LogP contribution >= 0.6 is 11.8 Å². The highest BCUT2D eigenvalue weighted by molar-refractivity contribution is 7.98. The first-order valence-electron chi connectivity index (χ1n) is 10.9. The van der Waals surface area contributed by atoms with E-state index in [0.717, 1.165) is 42.3 Å². The van der Waals surface area contributed by atoms with Crippen molar-refractivity contribution in [2.75, 3.05) is 6.61 Å². The summed E-state index contributed by atoms with van der Waals surface area (Å²) >= 11 is 1.67. The lowest BCUT2D eigenvalue weighted by molar-refractivity contribution is 0.186. The fourth-order valence-corrected chi connectivity index (χ4v) is 4.60. The van der Waals surface area contributed by atoms with Crippen molar-refractivity contribution in [2.45, 2.75) is 88.9 Å². The van der Waals surface area contributed by atoms with Crippen molar-refractivity contribution in [3.8, 4) is 5.88 Å². The molecule has 0 fully saturated rings. The standard InChI is InChI=1S/C24H38N2O2SSi/c1-19-17-25-23(29-18-21-14-9-8-10-15-21)22(26-19)28-20(2)13-11-12-16-27-30(6,7)24(3,4)5/h8-10,14-15,17,20H,11-13,16,18H2,1-7H3/t20-/m1/s1. The molecule has 0 N–H and O–H groups in total. The number of hydrogen-bond donors (Lipinski definition) is 0. The Morgan fingerprint density at radius 2 is 1.80 bits per heavy atom. The molecule has 4 nitrogen and oxygen atoms in total. The van der Waals surface area contributed by atoms with Gasteiger partial charge < -0.3 is 9.16 Å². The molecule has 0 bridgehead atoms. The predicted octanol–water partition coefficient (Wildman–Crippen LogP) is 7.04. The lowest BCUT2D eigenvalue weighted by Gasteiger charge is -2.36. The van der Waals surface area contributed by atoms with Crippen LogP contribution in [0.15, 0.2) is 41.6 Å². The average Bonchev–Trinajstić information content (AvgIpc) is 2.67. The molecule has 0 unspecified atom stereocenters. The molecule has 1 aromatic carbocycles. The Hall–Kier alpha value is -1.37. The molecule has 166 valence electrons. The summed E-state index contributed by atoms with van der Waals surface area (Å²) in [7, 11) is -1.65. The lowest BCUT2D eigenvalue weighted by atomic mass is 10.2. The molecule has 0 saturated carbocycles. The summed E-state index contributed by atoms with van der Waals surface area (Å²) in [6.07, 6.45) is 5.05. The van der Waals surface area contributed by atoms with Crippen LogP contribution in [-0.4, -0.2) is 31.0 Å². The van der Waals surface area contributed by atoms with Gasteiger partial charge >= 0.3 is 0 Å². The summed E-state index contributed by atoms with van der Waals surface area (Å²) in [5.74, 6) is 1.51. The largest absolute Gasteiger partial charge is 0.473 e. The van der Waals surface area contributed by atoms with Gasteiger partial charge in [0.05, 0.1) is 11.8 Å². The number of rotatable bonds is 11. The van der Waals surface area contributed by atoms with Crippen molar-refractivity contribution in [2.24, 2.45) is 0 Å². The third-order valence-corrected chi connectivity index (χ3v) is 11.2. The Labute approximate surface area is 188 Å². The van der Waals surface area contributed by atoms with E-state index in [0.29, 0.717) is 5.88 Å². The van der Waals surface area contributed by atoms with Gasteiger partial charge in [0.15, 0.2) is 13.3 Å². The van der Waals surface area contributed by atoms with E-state index in [1.54, 1.807) is 11.8 Å². The van der Waals surface area contributed by atoms with E-state index in [1.165, 1.54) is 5.56 Å². The zero-order chi connectivity index (χ0) is 22.2. The molecular formula is C24H38N2O2SSi. The van der Waals surface area contributed by atoms with Gasteiger partial charge in [-0.2, -0.15) is 0 Å². The predicted molar refractivity (Wildman–Crippen MR) is 130 cm³/mol. The van der Waals surface area contributed by atoms with Gasteiger partial charge in [0.2, 0.25) is 5.88 Å². The van der Waals surface area contributed by atoms with Crippen LogP contribution in [0, 0.1) is 6.92 Å². The van der Waals surface area contributed by atoms with E-state index in [4.69, 9.17) is 9.16 Å². The molecule has 6 heteroatoms. The zero-order valence-electron chi connectivity index (χ0n) is 19.7. The normalized spacial score (nSPS) is 13.3. The summed E-state index contributed by atoms with van der Waals surface area (Å²) in [6.45, 7) is 16.4. The molecule has 1 aromatic heterocycles. The minimum Gasteiger partial charge on any atom is -0.473 e. The molecule has 1 atom stereocenters. The summed E-state index contributed by atoms with van der Waals surface area (Å²) in [4.78, 5) is 9.17. The fraction of sp³-hybridized carbons (Fsp3) is 0.583. The van der Waals surface area contributed by atoms with E-state index in [2.05, 4.69) is 75.0 Å². The fourth-order valence-electron chi connectivity index (χ4n) is 2.67. The van der Waals surface area contributed by atoms with Crippen LogP contribution < -0.4 is 4.74 Å². The van der Waals surface area contributed by atoms with Crippen LogP contribution in [0.5, 0.6) is 5.88 Å². The first-order valence-corrected chi connectivity index (χ1v) is 14.8. The Balaban J connectivity index is 1.81. The number of aromatic nitrogens is 2. The molecule has 0 aliphatic carbocycles. The maximum Gasteiger partial charge on any atom is 0.247 e. The van der Waals surface area contributed by atoms with Crippen LogP contribution in [0.1, 0.15) is 58.2 Å². The molecular weight excluding hydrogens is 408 g/mol. The second-order valence-electron chi connectivity index (χ2n) is 9.43. The average molecular weight is 447 g/mol. The molecule has 30 heavy (non-hydrogen) atoms. The Morgan fingerprint density at radius 3 is 2.47 bits per heavy atom. The number of ether oxygens (including phenoxy) is 1. The van der Waals surface area contributed by atoms with Gasteiger partial charge in [-0.3, -0.25) is 0 Å². The second-order valence-corrected chi connectivity index (χ2v) is 15.2. The van der Waals surface area contributed by atoms with Gasteiger partial charge in [-0.05, 0) is 56.8 Å². The molecule has 0 aliphatic heterocycles. The van der Waals surface area contributed by atoms with Crippen LogP contribution in [0.4, 0.5) is 0 Å². The summed E-state index contributed by atoms with van der Waals surface area (Å²) in [6, 6.07) is 10.4. The monoisotopic (exact) mass is 446 g/mol. The SMILES string of the molecule is Cc1cnc(SCc2ccccc2)c(O[C@H](C)CCCCO[Si](C)(C)C(C)(C)C)n1. The van der Waals surface area contributed by atoms with E-state index in [-0.39, 0.29) is 11.1 Å². The minimum absolute atomic E-state index is 0.102. The topological polar surface area (TPSA) is 44.2 Å². The van der Waals surface area contributed by atoms with Crippen LogP contribution in [0.2, 0.25) is 18.1 Å². The molecule has 2 aromatic rings. The van der Waals surface area contributed by atoms with Crippen molar-refractivity contribution < 1.29 is 9.16 Å². The number of hydrogen-bond acceptors (Lipinski definition) is 5. The van der Waals surface area contributed by atoms with Crippen molar-refractivity contribution in [1.82, 2.24) is 9.97 Å². The van der Waals surface area contributed by atoms with Gasteiger partial charge in [0, 0.05) is 18.6 Å². The van der Waals surface area contributed by atoms with Crippen molar-refractivity contribution in [3.63, 3.8) is 0 Å². The molecule has 0 aliphatic rings. The van der Waals surface area contributed by atoms with Gasteiger partial charge in [-0.25, -0.2) is 9.97 Å². The molecule has 1 heterocycles. The molecule has 0 spiro atoms. The van der Waals surface area contributed by atoms with Crippen molar-refractivity contribution in [3.05, 3.63) is 47.8 Å². The highest BCUT2D eigenvalue weighted by Crippen LogP contribution is 2.36. The van der Waals surface area contributed by atoms with Crippen LogP contribution in [0.3, 0.4) is 0 Å². The highest BCUT2D eigenvalue weighted by atomic mass is 32.2. The summed E-state index contributed by atoms with van der Waals surface area (Å²) < 4.78 is 12.5. The molecule has 0 saturated heterocycles. The van der Waals surface area contributed by atoms with Crippen molar-refractivity contribution in [1.29, 1.82) is 0 Å². The zero-order valence-corrected chi connectivity index (χ0v) is 21.5. The van der Waals surface area contributed by atoms with Gasteiger partial charge in [0.25, 0.3) is 0 Å². The highest BCUT2D eigenvalue weighted by Gasteiger charge is 2.36. The van der Waals surface area contributed by atoms with Crippen LogP contribution in [-0.2, 0) is 10.2 Å². The first kappa shape index (κ1) is 24.9. The second kappa shape index (κ2) is 11.3. The van der Waals surface area contributed by atoms with Crippen molar-refractivity contribution >= 4 is 20.1 Å². The molecule has 0 radical (unpaired) electrons. The Morgan fingerprint density at radius 1 is 1.10 bits per heavy atom. The van der Waals surface area contributed by atoms with E-state index in [1.807, 2.05) is 19.2 Å². The van der Waals surface area contributed by atoms with Crippen LogP contribution in [0.25, 0.3) is 0 Å². The summed E-state index contributed by atoms with van der Waals surface area (Å²) in [5, 5.41) is 1.12. The third kappa shape index (κ3) is 8.04. The summed E-state index contributed by atoms with van der Waals surface area (Å²) in [5.41, 5.74) is 2.15.